The van der Waals surface area contributed by atoms with Crippen LogP contribution in [0.5, 0.6) is 0 Å². The molecule has 0 aromatic heterocycles. The third-order valence-electron chi connectivity index (χ3n) is 6.02. The number of nitrogens with zero attached hydrogens (tertiary/aromatic N) is 1. The van der Waals surface area contributed by atoms with E-state index < -0.39 is 0 Å². The zero-order chi connectivity index (χ0) is 24.8. The van der Waals surface area contributed by atoms with Crippen molar-refractivity contribution in [1.82, 2.24) is 4.90 Å². The topological polar surface area (TPSA) is 37.4 Å². The number of thiocarbonyl (C=S) groups is 1. The van der Waals surface area contributed by atoms with Crippen LogP contribution in [0.2, 0.25) is 0 Å². The molecule has 0 N–H and O–H groups in total. The van der Waals surface area contributed by atoms with Crippen LogP contribution in [0.3, 0.4) is 0 Å². The number of rotatable bonds is 5. The molecule has 176 valence electrons. The van der Waals surface area contributed by atoms with E-state index in [1.807, 2.05) is 110 Å². The maximum absolute atomic E-state index is 13.5. The standard InChI is InChI=1S/C30H27NO2S2/c1-21-10-6-8-14-24(21)16-26-18-31(30(34)35-20-28(32)23-12-4-3-5-13-23)19-27(29(26)33)17-25-15-9-7-11-22(25)2/h3-17H,18-20H2,1-2H3/b26-16+,27-17+. The van der Waals surface area contributed by atoms with E-state index in [1.165, 1.54) is 11.8 Å². The summed E-state index contributed by atoms with van der Waals surface area (Å²) in [5.41, 5.74) is 6.33. The van der Waals surface area contributed by atoms with Crippen LogP contribution in [0, 0.1) is 13.8 Å². The number of aryl methyl sites for hydroxylation is 2. The number of ketones is 2. The predicted octanol–water partition coefficient (Wildman–Crippen LogP) is 6.56. The number of carbonyl (C=O) groups is 2. The van der Waals surface area contributed by atoms with Gasteiger partial charge in [0, 0.05) is 29.8 Å². The molecule has 0 amide bonds. The molecular weight excluding hydrogens is 470 g/mol. The Morgan fingerprint density at radius 1 is 0.829 bits per heavy atom. The fraction of sp³-hybridized carbons (Fsp3) is 0.167. The first-order valence-electron chi connectivity index (χ1n) is 11.5. The first-order chi connectivity index (χ1) is 16.9. The zero-order valence-electron chi connectivity index (χ0n) is 19.9. The van der Waals surface area contributed by atoms with Crippen molar-refractivity contribution in [3.8, 4) is 0 Å². The summed E-state index contributed by atoms with van der Waals surface area (Å²) in [6.45, 7) is 4.92. The molecule has 35 heavy (non-hydrogen) atoms. The lowest BCUT2D eigenvalue weighted by molar-refractivity contribution is -0.113. The minimum absolute atomic E-state index is 0.0392. The molecule has 0 spiro atoms. The van der Waals surface area contributed by atoms with Gasteiger partial charge >= 0.3 is 0 Å². The van der Waals surface area contributed by atoms with Crippen molar-refractivity contribution < 1.29 is 9.59 Å². The normalized spacial score (nSPS) is 16.1. The average Bonchev–Trinajstić information content (AvgIpc) is 2.87. The molecule has 0 unspecified atom stereocenters. The third kappa shape index (κ3) is 6.24. The second-order valence-electron chi connectivity index (χ2n) is 8.58. The van der Waals surface area contributed by atoms with Crippen LogP contribution in [0.4, 0.5) is 0 Å². The monoisotopic (exact) mass is 497 g/mol. The molecule has 1 saturated heterocycles. The van der Waals surface area contributed by atoms with Crippen molar-refractivity contribution >= 4 is 52.0 Å². The number of Topliss-reactive ketones (excluding diaryl/α,β-unsaturated/α-hetero) is 2. The first kappa shape index (κ1) is 24.8. The maximum atomic E-state index is 13.5. The van der Waals surface area contributed by atoms with Crippen LogP contribution in [0.25, 0.3) is 12.2 Å². The van der Waals surface area contributed by atoms with Crippen LogP contribution in [-0.2, 0) is 4.79 Å². The second-order valence-corrected chi connectivity index (χ2v) is 10.2. The summed E-state index contributed by atoms with van der Waals surface area (Å²) in [6.07, 6.45) is 3.94. The van der Waals surface area contributed by atoms with E-state index in [0.717, 1.165) is 22.3 Å². The Bertz CT molecular complexity index is 1260. The van der Waals surface area contributed by atoms with E-state index in [0.29, 0.717) is 34.1 Å². The van der Waals surface area contributed by atoms with Gasteiger partial charge < -0.3 is 4.90 Å². The smallest absolute Gasteiger partial charge is 0.188 e. The lowest BCUT2D eigenvalue weighted by Gasteiger charge is -2.31. The SMILES string of the molecule is Cc1ccccc1/C=C1\CN(C(=S)SCC(=O)c2ccccc2)C/C(=C\c2ccccc2C)C1=O. The number of thioether (sulfide) groups is 1. The maximum Gasteiger partial charge on any atom is 0.188 e. The number of piperidine rings is 1. The van der Waals surface area contributed by atoms with Gasteiger partial charge in [0.1, 0.15) is 4.32 Å². The minimum Gasteiger partial charge on any atom is -0.349 e. The Labute approximate surface area is 216 Å². The molecule has 0 radical (unpaired) electrons. The van der Waals surface area contributed by atoms with Crippen LogP contribution in [0.1, 0.15) is 32.6 Å². The molecule has 0 atom stereocenters. The van der Waals surface area contributed by atoms with E-state index >= 15 is 0 Å². The van der Waals surface area contributed by atoms with Gasteiger partial charge in [-0.3, -0.25) is 9.59 Å². The average molecular weight is 498 g/mol. The van der Waals surface area contributed by atoms with E-state index in [2.05, 4.69) is 0 Å². The van der Waals surface area contributed by atoms with Gasteiger partial charge in [-0.15, -0.1) is 0 Å². The number of hydrogen-bond acceptors (Lipinski definition) is 4. The molecule has 1 heterocycles. The molecule has 0 bridgehead atoms. The van der Waals surface area contributed by atoms with Gasteiger partial charge in [0.2, 0.25) is 0 Å². The Morgan fingerprint density at radius 2 is 1.31 bits per heavy atom. The van der Waals surface area contributed by atoms with E-state index in [1.54, 1.807) is 0 Å². The highest BCUT2D eigenvalue weighted by Gasteiger charge is 2.28. The van der Waals surface area contributed by atoms with Gasteiger partial charge in [0.15, 0.2) is 11.6 Å². The van der Waals surface area contributed by atoms with Crippen molar-refractivity contribution in [1.29, 1.82) is 0 Å². The largest absolute Gasteiger partial charge is 0.349 e. The third-order valence-corrected chi connectivity index (χ3v) is 7.55. The van der Waals surface area contributed by atoms with Gasteiger partial charge in [0.05, 0.1) is 5.75 Å². The summed E-state index contributed by atoms with van der Waals surface area (Å²) in [5, 5.41) is 0. The number of likely N-dealkylation sites (tertiary alicyclic amines) is 1. The summed E-state index contributed by atoms with van der Waals surface area (Å²) in [6, 6.07) is 25.3. The number of hydrogen-bond donors (Lipinski definition) is 0. The summed E-state index contributed by atoms with van der Waals surface area (Å²) in [4.78, 5) is 28.1. The van der Waals surface area contributed by atoms with Crippen LogP contribution >= 0.6 is 24.0 Å². The van der Waals surface area contributed by atoms with Crippen molar-refractivity contribution in [2.45, 2.75) is 13.8 Å². The van der Waals surface area contributed by atoms with Crippen LogP contribution in [0.15, 0.2) is 90.0 Å². The predicted molar refractivity (Wildman–Crippen MR) is 151 cm³/mol. The Hall–Kier alpha value is -3.28. The summed E-state index contributed by atoms with van der Waals surface area (Å²) in [7, 11) is 0. The quantitative estimate of drug-likeness (QED) is 0.227. The fourth-order valence-corrected chi connectivity index (χ4v) is 5.01. The van der Waals surface area contributed by atoms with E-state index in [-0.39, 0.29) is 17.3 Å². The van der Waals surface area contributed by atoms with Crippen LogP contribution in [-0.4, -0.2) is 39.6 Å². The molecule has 1 aliphatic rings. The highest BCUT2D eigenvalue weighted by Crippen LogP contribution is 2.26. The molecule has 0 saturated carbocycles. The Balaban J connectivity index is 1.61. The fourth-order valence-electron chi connectivity index (χ4n) is 3.97. The highest BCUT2D eigenvalue weighted by molar-refractivity contribution is 8.23. The van der Waals surface area contributed by atoms with E-state index in [4.69, 9.17) is 12.2 Å². The highest BCUT2D eigenvalue weighted by atomic mass is 32.2. The molecular formula is C30H27NO2S2. The van der Waals surface area contributed by atoms with E-state index in [9.17, 15) is 9.59 Å². The van der Waals surface area contributed by atoms with Crippen molar-refractivity contribution in [2.24, 2.45) is 0 Å². The van der Waals surface area contributed by atoms with Gasteiger partial charge in [-0.2, -0.15) is 0 Å². The second kappa shape index (κ2) is 11.4. The van der Waals surface area contributed by atoms with Gasteiger partial charge in [-0.1, -0.05) is 103 Å². The number of carbonyl (C=O) groups excluding carboxylic acids is 2. The van der Waals surface area contributed by atoms with Crippen molar-refractivity contribution in [3.05, 3.63) is 118 Å². The lowest BCUT2D eigenvalue weighted by Crippen LogP contribution is -2.40. The molecule has 1 fully saturated rings. The summed E-state index contributed by atoms with van der Waals surface area (Å²) < 4.78 is 0.619. The molecule has 5 heteroatoms. The Kier molecular flexibility index (Phi) is 8.11. The summed E-state index contributed by atoms with van der Waals surface area (Å²) >= 11 is 7.09. The molecule has 4 rings (SSSR count). The zero-order valence-corrected chi connectivity index (χ0v) is 21.5. The van der Waals surface area contributed by atoms with Gasteiger partial charge in [0.25, 0.3) is 0 Å². The molecule has 3 nitrogen and oxygen atoms in total. The van der Waals surface area contributed by atoms with Gasteiger partial charge in [-0.25, -0.2) is 0 Å². The molecule has 3 aromatic carbocycles. The molecule has 3 aromatic rings. The van der Waals surface area contributed by atoms with Crippen molar-refractivity contribution in [3.63, 3.8) is 0 Å². The van der Waals surface area contributed by atoms with Crippen molar-refractivity contribution in [2.75, 3.05) is 18.8 Å². The Morgan fingerprint density at radius 3 is 1.83 bits per heavy atom. The summed E-state index contributed by atoms with van der Waals surface area (Å²) in [5.74, 6) is 0.347. The molecule has 1 aliphatic heterocycles. The van der Waals surface area contributed by atoms with Crippen LogP contribution < -0.4 is 0 Å². The minimum atomic E-state index is 0.0392. The van der Waals surface area contributed by atoms with Gasteiger partial charge in [-0.05, 0) is 48.3 Å². The number of benzene rings is 3. The molecule has 0 aliphatic carbocycles. The lowest BCUT2D eigenvalue weighted by atomic mass is 9.93. The first-order valence-corrected chi connectivity index (χ1v) is 12.9.